The molecule has 0 unspecified atom stereocenters. The van der Waals surface area contributed by atoms with Gasteiger partial charge >= 0.3 is 0 Å². The first-order valence-corrected chi connectivity index (χ1v) is 12.7. The molecule has 0 radical (unpaired) electrons. The van der Waals surface area contributed by atoms with Crippen LogP contribution in [-0.4, -0.2) is 50.1 Å². The summed E-state index contributed by atoms with van der Waals surface area (Å²) in [6.45, 7) is 1.64. The zero-order chi connectivity index (χ0) is 21.8. The van der Waals surface area contributed by atoms with Gasteiger partial charge in [0.25, 0.3) is 0 Å². The van der Waals surface area contributed by atoms with Crippen molar-refractivity contribution < 1.29 is 9.53 Å². The van der Waals surface area contributed by atoms with Crippen LogP contribution in [0.15, 0.2) is 12.1 Å². The van der Waals surface area contributed by atoms with E-state index in [4.69, 9.17) is 21.3 Å². The Morgan fingerprint density at radius 1 is 1.16 bits per heavy atom. The SMILES string of the molecule is COc1ccc(Cl)c2sc(N(CCCN(C)C)C(=O)C34CC5CC(CC(C5)C3)C4)nc12. The molecule has 1 heterocycles. The fourth-order valence-electron chi connectivity index (χ4n) is 6.71. The minimum absolute atomic E-state index is 0.182. The van der Waals surface area contributed by atoms with Gasteiger partial charge in [-0.2, -0.15) is 0 Å². The highest BCUT2D eigenvalue weighted by atomic mass is 35.5. The van der Waals surface area contributed by atoms with Crippen molar-refractivity contribution in [3.05, 3.63) is 17.2 Å². The van der Waals surface area contributed by atoms with Crippen LogP contribution in [0, 0.1) is 23.2 Å². The monoisotopic (exact) mass is 461 g/mol. The Balaban J connectivity index is 1.51. The van der Waals surface area contributed by atoms with Crippen LogP contribution in [0.5, 0.6) is 5.75 Å². The molecule has 4 aliphatic carbocycles. The van der Waals surface area contributed by atoms with Gasteiger partial charge in [0.1, 0.15) is 11.3 Å². The number of hydrogen-bond donors (Lipinski definition) is 0. The van der Waals surface area contributed by atoms with Crippen molar-refractivity contribution in [3.8, 4) is 5.75 Å². The molecule has 0 N–H and O–H groups in total. The maximum atomic E-state index is 14.2. The van der Waals surface area contributed by atoms with Crippen LogP contribution in [-0.2, 0) is 4.79 Å². The fourth-order valence-corrected chi connectivity index (χ4v) is 7.99. The Bertz CT molecular complexity index is 953. The van der Waals surface area contributed by atoms with Gasteiger partial charge in [-0.25, -0.2) is 4.98 Å². The average Bonchev–Trinajstić information content (AvgIpc) is 3.16. The number of methoxy groups -OCH3 is 1. The lowest BCUT2D eigenvalue weighted by atomic mass is 9.49. The Labute approximate surface area is 193 Å². The molecule has 2 aromatic rings. The number of halogens is 1. The highest BCUT2D eigenvalue weighted by Gasteiger charge is 2.56. The summed E-state index contributed by atoms with van der Waals surface area (Å²) in [6, 6.07) is 3.70. The summed E-state index contributed by atoms with van der Waals surface area (Å²) in [6.07, 6.45) is 8.13. The Hall–Kier alpha value is -1.37. The number of amides is 1. The number of thiazole rings is 1. The van der Waals surface area contributed by atoms with Crippen molar-refractivity contribution in [1.29, 1.82) is 0 Å². The number of carbonyl (C=O) groups is 1. The zero-order valence-electron chi connectivity index (χ0n) is 18.7. The van der Waals surface area contributed by atoms with E-state index in [0.717, 1.165) is 65.3 Å². The molecule has 0 saturated heterocycles. The van der Waals surface area contributed by atoms with E-state index in [1.54, 1.807) is 7.11 Å². The van der Waals surface area contributed by atoms with E-state index in [-0.39, 0.29) is 5.41 Å². The Morgan fingerprint density at radius 3 is 2.39 bits per heavy atom. The molecular formula is C24H32ClN3O2S. The normalized spacial score (nSPS) is 29.1. The number of carbonyl (C=O) groups excluding carboxylic acids is 1. The van der Waals surface area contributed by atoms with Crippen LogP contribution in [0.4, 0.5) is 5.13 Å². The molecular weight excluding hydrogens is 430 g/mol. The first-order valence-electron chi connectivity index (χ1n) is 11.5. The largest absolute Gasteiger partial charge is 0.494 e. The van der Waals surface area contributed by atoms with Crippen molar-refractivity contribution in [2.45, 2.75) is 44.9 Å². The number of anilines is 1. The zero-order valence-corrected chi connectivity index (χ0v) is 20.3. The third-order valence-corrected chi connectivity index (χ3v) is 9.16. The quantitative estimate of drug-likeness (QED) is 0.549. The van der Waals surface area contributed by atoms with Crippen molar-refractivity contribution in [1.82, 2.24) is 9.88 Å². The van der Waals surface area contributed by atoms with Gasteiger partial charge in [-0.15, -0.1) is 0 Å². The second kappa shape index (κ2) is 8.20. The molecule has 4 aliphatic rings. The summed E-state index contributed by atoms with van der Waals surface area (Å²) in [4.78, 5) is 23.3. The van der Waals surface area contributed by atoms with Crippen molar-refractivity contribution >= 4 is 44.2 Å². The molecule has 1 aromatic carbocycles. The fraction of sp³-hybridized carbons (Fsp3) is 0.667. The van der Waals surface area contributed by atoms with Gasteiger partial charge in [-0.1, -0.05) is 22.9 Å². The van der Waals surface area contributed by atoms with Crippen LogP contribution < -0.4 is 9.64 Å². The third kappa shape index (κ3) is 3.85. The van der Waals surface area contributed by atoms with E-state index in [9.17, 15) is 4.79 Å². The van der Waals surface area contributed by atoms with Crippen LogP contribution in [0.2, 0.25) is 5.02 Å². The molecule has 31 heavy (non-hydrogen) atoms. The molecule has 0 aliphatic heterocycles. The van der Waals surface area contributed by atoms with Crippen LogP contribution in [0.25, 0.3) is 10.2 Å². The van der Waals surface area contributed by atoms with Gasteiger partial charge in [0.05, 0.1) is 22.2 Å². The molecule has 4 bridgehead atoms. The van der Waals surface area contributed by atoms with Crippen LogP contribution in [0.1, 0.15) is 44.9 Å². The van der Waals surface area contributed by atoms with Gasteiger partial charge < -0.3 is 9.64 Å². The topological polar surface area (TPSA) is 45.7 Å². The summed E-state index contributed by atoms with van der Waals surface area (Å²) >= 11 is 8.01. The van der Waals surface area contributed by atoms with E-state index in [1.165, 1.54) is 30.6 Å². The lowest BCUT2D eigenvalue weighted by Crippen LogP contribution is -2.55. The number of rotatable bonds is 7. The number of benzene rings is 1. The molecule has 1 amide bonds. The van der Waals surface area contributed by atoms with Crippen molar-refractivity contribution in [3.63, 3.8) is 0 Å². The number of fused-ring (bicyclic) bond motifs is 1. The molecule has 0 atom stereocenters. The molecule has 5 nitrogen and oxygen atoms in total. The Kier molecular flexibility index (Phi) is 5.68. The van der Waals surface area contributed by atoms with Gasteiger partial charge in [0.15, 0.2) is 5.13 Å². The van der Waals surface area contributed by atoms with E-state index in [0.29, 0.717) is 23.2 Å². The maximum Gasteiger partial charge on any atom is 0.235 e. The van der Waals surface area contributed by atoms with Gasteiger partial charge in [-0.05, 0) is 95.5 Å². The summed E-state index contributed by atoms with van der Waals surface area (Å²) < 4.78 is 6.42. The van der Waals surface area contributed by atoms with Gasteiger partial charge in [0, 0.05) is 6.54 Å². The average molecular weight is 462 g/mol. The highest BCUT2D eigenvalue weighted by molar-refractivity contribution is 7.23. The molecule has 1 aromatic heterocycles. The molecule has 4 saturated carbocycles. The lowest BCUT2D eigenvalue weighted by molar-refractivity contribution is -0.143. The van der Waals surface area contributed by atoms with E-state index in [2.05, 4.69) is 19.0 Å². The van der Waals surface area contributed by atoms with Gasteiger partial charge in [0.2, 0.25) is 5.91 Å². The minimum Gasteiger partial charge on any atom is -0.494 e. The standard InChI is InChI=1S/C24H32ClN3O2S/c1-27(2)7-4-8-28(23-26-20-19(30-3)6-5-18(25)21(20)31-23)22(29)24-12-15-9-16(13-24)11-17(10-15)14-24/h5-6,15-17H,4,7-14H2,1-3H3. The molecule has 7 heteroatoms. The van der Waals surface area contributed by atoms with E-state index in [1.807, 2.05) is 17.0 Å². The smallest absolute Gasteiger partial charge is 0.235 e. The first-order chi connectivity index (χ1) is 14.9. The van der Waals surface area contributed by atoms with Crippen molar-refractivity contribution in [2.24, 2.45) is 23.2 Å². The van der Waals surface area contributed by atoms with E-state index >= 15 is 0 Å². The highest BCUT2D eigenvalue weighted by Crippen LogP contribution is 2.61. The molecule has 6 rings (SSSR count). The van der Waals surface area contributed by atoms with Crippen LogP contribution in [0.3, 0.4) is 0 Å². The van der Waals surface area contributed by atoms with Gasteiger partial charge in [-0.3, -0.25) is 9.69 Å². The summed E-state index contributed by atoms with van der Waals surface area (Å²) in [5.74, 6) is 3.23. The number of aromatic nitrogens is 1. The summed E-state index contributed by atoms with van der Waals surface area (Å²) in [5.41, 5.74) is 0.574. The number of hydrogen-bond acceptors (Lipinski definition) is 5. The number of ether oxygens (including phenoxy) is 1. The predicted molar refractivity (Wildman–Crippen MR) is 127 cm³/mol. The molecule has 168 valence electrons. The maximum absolute atomic E-state index is 14.2. The molecule has 4 fully saturated rings. The minimum atomic E-state index is -0.182. The second-order valence-electron chi connectivity index (χ2n) is 10.2. The van der Waals surface area contributed by atoms with Crippen LogP contribution >= 0.6 is 22.9 Å². The predicted octanol–water partition coefficient (Wildman–Crippen LogP) is 5.46. The summed E-state index contributed by atoms with van der Waals surface area (Å²) in [5, 5.41) is 1.43. The Morgan fingerprint density at radius 2 is 1.81 bits per heavy atom. The summed E-state index contributed by atoms with van der Waals surface area (Å²) in [7, 11) is 5.80. The first kappa shape index (κ1) is 21.5. The molecule has 0 spiro atoms. The third-order valence-electron chi connectivity index (χ3n) is 7.62. The lowest BCUT2D eigenvalue weighted by Gasteiger charge is -2.56. The van der Waals surface area contributed by atoms with E-state index < -0.39 is 0 Å². The van der Waals surface area contributed by atoms with Crippen molar-refractivity contribution in [2.75, 3.05) is 39.2 Å². The second-order valence-corrected chi connectivity index (χ2v) is 11.6. The number of nitrogens with zero attached hydrogens (tertiary/aromatic N) is 3.